The zero-order valence-electron chi connectivity index (χ0n) is 10.5. The molecule has 90 valence electrons. The van der Waals surface area contributed by atoms with Gasteiger partial charge in [0.15, 0.2) is 0 Å². The first-order valence-electron chi connectivity index (χ1n) is 6.59. The summed E-state index contributed by atoms with van der Waals surface area (Å²) in [6.45, 7) is 5.68. The minimum Gasteiger partial charge on any atom is -0.309 e. The van der Waals surface area contributed by atoms with Crippen LogP contribution in [0.15, 0.2) is 12.1 Å². The summed E-state index contributed by atoms with van der Waals surface area (Å²) < 4.78 is 0. The van der Waals surface area contributed by atoms with E-state index in [4.69, 9.17) is 0 Å². The molecule has 0 spiro atoms. The predicted molar refractivity (Wildman–Crippen MR) is 72.0 cm³/mol. The molecule has 0 aliphatic heterocycles. The fraction of sp³-hybridized carbons (Fsp3) is 0.714. The van der Waals surface area contributed by atoms with Crippen molar-refractivity contribution in [2.45, 2.75) is 58.5 Å². The standard InChI is InChI=1S/C14H23NS/c1-3-13-8-9-14(16-13)10-15-12-6-4-11(2)5-7-12/h8-9,11-12,15H,3-7,10H2,1-2H3. The van der Waals surface area contributed by atoms with Crippen molar-refractivity contribution in [3.63, 3.8) is 0 Å². The molecular weight excluding hydrogens is 214 g/mol. The average Bonchev–Trinajstić information content (AvgIpc) is 2.76. The third kappa shape index (κ3) is 3.33. The normalized spacial score (nSPS) is 25.9. The van der Waals surface area contributed by atoms with Gasteiger partial charge in [0.1, 0.15) is 0 Å². The summed E-state index contributed by atoms with van der Waals surface area (Å²) >= 11 is 1.96. The van der Waals surface area contributed by atoms with Gasteiger partial charge in [-0.25, -0.2) is 0 Å². The molecular formula is C14H23NS. The fourth-order valence-corrected chi connectivity index (χ4v) is 3.33. The topological polar surface area (TPSA) is 12.0 Å². The van der Waals surface area contributed by atoms with E-state index in [-0.39, 0.29) is 0 Å². The van der Waals surface area contributed by atoms with Gasteiger partial charge in [-0.05, 0) is 50.2 Å². The first kappa shape index (κ1) is 12.1. The smallest absolute Gasteiger partial charge is 0.0302 e. The second kappa shape index (κ2) is 5.83. The Morgan fingerprint density at radius 2 is 1.88 bits per heavy atom. The Bertz CT molecular complexity index is 310. The van der Waals surface area contributed by atoms with Gasteiger partial charge >= 0.3 is 0 Å². The quantitative estimate of drug-likeness (QED) is 0.835. The number of nitrogens with one attached hydrogen (secondary N) is 1. The summed E-state index contributed by atoms with van der Waals surface area (Å²) in [5.41, 5.74) is 0. The maximum absolute atomic E-state index is 3.71. The molecule has 1 heterocycles. The Morgan fingerprint density at radius 1 is 1.19 bits per heavy atom. The summed E-state index contributed by atoms with van der Waals surface area (Å²) in [4.78, 5) is 3.00. The first-order valence-corrected chi connectivity index (χ1v) is 7.40. The van der Waals surface area contributed by atoms with Crippen LogP contribution in [0.3, 0.4) is 0 Å². The Balaban J connectivity index is 1.74. The van der Waals surface area contributed by atoms with Gasteiger partial charge < -0.3 is 5.32 Å². The van der Waals surface area contributed by atoms with Gasteiger partial charge in [-0.15, -0.1) is 11.3 Å². The van der Waals surface area contributed by atoms with Crippen molar-refractivity contribution in [2.24, 2.45) is 5.92 Å². The molecule has 0 radical (unpaired) electrons. The van der Waals surface area contributed by atoms with Gasteiger partial charge in [0, 0.05) is 22.3 Å². The minimum absolute atomic E-state index is 0.767. The van der Waals surface area contributed by atoms with Crippen LogP contribution in [-0.2, 0) is 13.0 Å². The van der Waals surface area contributed by atoms with Gasteiger partial charge in [0.25, 0.3) is 0 Å². The Labute approximate surface area is 103 Å². The van der Waals surface area contributed by atoms with E-state index in [0.29, 0.717) is 0 Å². The number of rotatable bonds is 4. The number of thiophene rings is 1. The van der Waals surface area contributed by atoms with Gasteiger partial charge in [-0.3, -0.25) is 0 Å². The van der Waals surface area contributed by atoms with Crippen LogP contribution < -0.4 is 5.32 Å². The molecule has 0 aromatic carbocycles. The summed E-state index contributed by atoms with van der Waals surface area (Å²) in [6.07, 6.45) is 6.72. The maximum atomic E-state index is 3.71. The minimum atomic E-state index is 0.767. The third-order valence-corrected chi connectivity index (χ3v) is 4.88. The highest BCUT2D eigenvalue weighted by Gasteiger charge is 2.17. The third-order valence-electron chi connectivity index (χ3n) is 3.65. The number of aryl methyl sites for hydroxylation is 1. The van der Waals surface area contributed by atoms with Crippen LogP contribution in [0.1, 0.15) is 49.3 Å². The van der Waals surface area contributed by atoms with E-state index in [1.807, 2.05) is 11.3 Å². The predicted octanol–water partition coefficient (Wildman–Crippen LogP) is 3.98. The van der Waals surface area contributed by atoms with Crippen molar-refractivity contribution in [1.82, 2.24) is 5.32 Å². The molecule has 2 heteroatoms. The molecule has 1 aliphatic carbocycles. The summed E-state index contributed by atoms with van der Waals surface area (Å²) in [5, 5.41) is 3.71. The maximum Gasteiger partial charge on any atom is 0.0302 e. The highest BCUT2D eigenvalue weighted by atomic mass is 32.1. The Hall–Kier alpha value is -0.340. The van der Waals surface area contributed by atoms with Gasteiger partial charge in [-0.1, -0.05) is 13.8 Å². The molecule has 0 bridgehead atoms. The molecule has 1 aromatic rings. The van der Waals surface area contributed by atoms with Crippen LogP contribution in [0.5, 0.6) is 0 Å². The highest BCUT2D eigenvalue weighted by Crippen LogP contribution is 2.24. The number of hydrogen-bond acceptors (Lipinski definition) is 2. The molecule has 0 atom stereocenters. The van der Waals surface area contributed by atoms with E-state index in [1.165, 1.54) is 41.9 Å². The van der Waals surface area contributed by atoms with Crippen molar-refractivity contribution in [2.75, 3.05) is 0 Å². The summed E-state index contributed by atoms with van der Waals surface area (Å²) in [5.74, 6) is 0.950. The van der Waals surface area contributed by atoms with Gasteiger partial charge in [0.05, 0.1) is 0 Å². The van der Waals surface area contributed by atoms with E-state index in [2.05, 4.69) is 31.3 Å². The van der Waals surface area contributed by atoms with E-state index >= 15 is 0 Å². The lowest BCUT2D eigenvalue weighted by Crippen LogP contribution is -2.31. The van der Waals surface area contributed by atoms with E-state index < -0.39 is 0 Å². The Kier molecular flexibility index (Phi) is 4.42. The van der Waals surface area contributed by atoms with E-state index in [9.17, 15) is 0 Å². The zero-order chi connectivity index (χ0) is 11.4. The molecule has 0 unspecified atom stereocenters. The van der Waals surface area contributed by atoms with Crippen molar-refractivity contribution in [3.05, 3.63) is 21.9 Å². The lowest BCUT2D eigenvalue weighted by molar-refractivity contribution is 0.307. The fourth-order valence-electron chi connectivity index (χ4n) is 2.42. The second-order valence-corrected chi connectivity index (χ2v) is 6.31. The molecule has 1 nitrogen and oxygen atoms in total. The van der Waals surface area contributed by atoms with Gasteiger partial charge in [-0.2, -0.15) is 0 Å². The summed E-state index contributed by atoms with van der Waals surface area (Å²) in [7, 11) is 0. The average molecular weight is 237 g/mol. The second-order valence-electron chi connectivity index (χ2n) is 5.06. The largest absolute Gasteiger partial charge is 0.309 e. The van der Waals surface area contributed by atoms with Crippen molar-refractivity contribution >= 4 is 11.3 Å². The summed E-state index contributed by atoms with van der Waals surface area (Å²) in [6, 6.07) is 5.32. The van der Waals surface area contributed by atoms with Gasteiger partial charge in [0.2, 0.25) is 0 Å². The first-order chi connectivity index (χ1) is 7.78. The lowest BCUT2D eigenvalue weighted by Gasteiger charge is -2.26. The van der Waals surface area contributed by atoms with Crippen LogP contribution in [0, 0.1) is 5.92 Å². The van der Waals surface area contributed by atoms with E-state index in [0.717, 1.165) is 18.5 Å². The molecule has 16 heavy (non-hydrogen) atoms. The van der Waals surface area contributed by atoms with Crippen LogP contribution in [-0.4, -0.2) is 6.04 Å². The van der Waals surface area contributed by atoms with Crippen molar-refractivity contribution in [3.8, 4) is 0 Å². The lowest BCUT2D eigenvalue weighted by atomic mass is 9.87. The molecule has 1 aromatic heterocycles. The van der Waals surface area contributed by atoms with Crippen LogP contribution >= 0.6 is 11.3 Å². The van der Waals surface area contributed by atoms with Crippen LogP contribution in [0.25, 0.3) is 0 Å². The van der Waals surface area contributed by atoms with E-state index in [1.54, 1.807) is 0 Å². The zero-order valence-corrected chi connectivity index (χ0v) is 11.3. The molecule has 2 rings (SSSR count). The highest BCUT2D eigenvalue weighted by molar-refractivity contribution is 7.11. The molecule has 1 N–H and O–H groups in total. The van der Waals surface area contributed by atoms with Crippen molar-refractivity contribution in [1.29, 1.82) is 0 Å². The monoisotopic (exact) mass is 237 g/mol. The molecule has 0 saturated heterocycles. The van der Waals surface area contributed by atoms with Crippen molar-refractivity contribution < 1.29 is 0 Å². The Morgan fingerprint density at radius 3 is 2.50 bits per heavy atom. The van der Waals surface area contributed by atoms with Crippen LogP contribution in [0.4, 0.5) is 0 Å². The SMILES string of the molecule is CCc1ccc(CNC2CCC(C)CC2)s1. The molecule has 1 saturated carbocycles. The molecule has 1 aliphatic rings. The number of hydrogen-bond donors (Lipinski definition) is 1. The van der Waals surface area contributed by atoms with Crippen LogP contribution in [0.2, 0.25) is 0 Å². The molecule has 0 amide bonds. The molecule has 1 fully saturated rings.